The number of nitrogens with one attached hydrogen (secondary N) is 1. The highest BCUT2D eigenvalue weighted by atomic mass is 15.3. The van der Waals surface area contributed by atoms with Crippen LogP contribution < -0.4 is 10.2 Å². The Bertz CT molecular complexity index is 354. The zero-order valence-corrected chi connectivity index (χ0v) is 10.1. The van der Waals surface area contributed by atoms with E-state index in [1.807, 2.05) is 13.2 Å². The number of piperazine rings is 1. The molecule has 1 N–H and O–H groups in total. The van der Waals surface area contributed by atoms with Gasteiger partial charge in [0.2, 0.25) is 0 Å². The molecule has 2 rings (SSSR count). The summed E-state index contributed by atoms with van der Waals surface area (Å²) in [6.45, 7) is 5.34. The smallest absolute Gasteiger partial charge is 0.149 e. The van der Waals surface area contributed by atoms with Crippen molar-refractivity contribution in [2.24, 2.45) is 0 Å². The van der Waals surface area contributed by atoms with Crippen molar-refractivity contribution in [1.29, 1.82) is 0 Å². The molecule has 1 saturated heterocycles. The zero-order valence-electron chi connectivity index (χ0n) is 10.1. The molecule has 0 bridgehead atoms. The molecule has 0 amide bonds. The first-order valence-electron chi connectivity index (χ1n) is 5.65. The van der Waals surface area contributed by atoms with E-state index in [4.69, 9.17) is 0 Å². The molecule has 1 aromatic rings. The summed E-state index contributed by atoms with van der Waals surface area (Å²) in [7, 11) is 4.03. The van der Waals surface area contributed by atoms with E-state index < -0.39 is 0 Å². The summed E-state index contributed by atoms with van der Waals surface area (Å²) in [4.78, 5) is 13.4. The summed E-state index contributed by atoms with van der Waals surface area (Å²) in [5, 5.41) is 3.02. The van der Waals surface area contributed by atoms with E-state index >= 15 is 0 Å². The normalized spacial score (nSPS) is 22.2. The van der Waals surface area contributed by atoms with Gasteiger partial charge in [0.1, 0.15) is 11.6 Å². The zero-order chi connectivity index (χ0) is 11.5. The lowest BCUT2D eigenvalue weighted by Gasteiger charge is -2.38. The monoisotopic (exact) mass is 221 g/mol. The van der Waals surface area contributed by atoms with Crippen LogP contribution in [0.2, 0.25) is 0 Å². The standard InChI is InChI=1S/C11H19N5/c1-9-8-16(5-4-15(9)3)11-7-13-6-10(12-2)14-11/h6-7,9H,4-5,8H2,1-3H3,(H,12,14). The summed E-state index contributed by atoms with van der Waals surface area (Å²) in [5.41, 5.74) is 0. The van der Waals surface area contributed by atoms with Gasteiger partial charge in [0, 0.05) is 32.7 Å². The fourth-order valence-electron chi connectivity index (χ4n) is 1.89. The Morgan fingerprint density at radius 1 is 1.38 bits per heavy atom. The van der Waals surface area contributed by atoms with Crippen LogP contribution in [0.15, 0.2) is 12.4 Å². The van der Waals surface area contributed by atoms with E-state index in [9.17, 15) is 0 Å². The van der Waals surface area contributed by atoms with Crippen LogP contribution in [0.5, 0.6) is 0 Å². The Labute approximate surface area is 96.5 Å². The predicted molar refractivity (Wildman–Crippen MR) is 65.9 cm³/mol. The molecule has 88 valence electrons. The average molecular weight is 221 g/mol. The molecule has 1 fully saturated rings. The first kappa shape index (κ1) is 11.1. The Kier molecular flexibility index (Phi) is 3.24. The molecule has 0 aliphatic carbocycles. The molecule has 1 aliphatic heterocycles. The maximum atomic E-state index is 4.51. The Balaban J connectivity index is 2.12. The van der Waals surface area contributed by atoms with E-state index in [1.54, 1.807) is 6.20 Å². The molecule has 0 saturated carbocycles. The van der Waals surface area contributed by atoms with Gasteiger partial charge in [0.05, 0.1) is 12.4 Å². The number of hydrogen-bond acceptors (Lipinski definition) is 5. The highest BCUT2D eigenvalue weighted by Crippen LogP contribution is 2.16. The molecule has 2 heterocycles. The minimum atomic E-state index is 0.564. The van der Waals surface area contributed by atoms with Gasteiger partial charge in [-0.2, -0.15) is 0 Å². The van der Waals surface area contributed by atoms with Crippen LogP contribution >= 0.6 is 0 Å². The molecule has 1 aromatic heterocycles. The number of rotatable bonds is 2. The lowest BCUT2D eigenvalue weighted by atomic mass is 10.2. The van der Waals surface area contributed by atoms with E-state index in [0.717, 1.165) is 31.3 Å². The third kappa shape index (κ3) is 2.24. The average Bonchev–Trinajstić information content (AvgIpc) is 2.33. The number of hydrogen-bond donors (Lipinski definition) is 1. The molecule has 5 heteroatoms. The van der Waals surface area contributed by atoms with Gasteiger partial charge in [-0.15, -0.1) is 0 Å². The molecule has 1 atom stereocenters. The Hall–Kier alpha value is -1.36. The van der Waals surface area contributed by atoms with Gasteiger partial charge < -0.3 is 15.1 Å². The second-order valence-corrected chi connectivity index (χ2v) is 4.29. The van der Waals surface area contributed by atoms with Gasteiger partial charge in [0.15, 0.2) is 0 Å². The summed E-state index contributed by atoms with van der Waals surface area (Å²) in [5.74, 6) is 1.79. The summed E-state index contributed by atoms with van der Waals surface area (Å²) in [6.07, 6.45) is 3.57. The SMILES string of the molecule is CNc1cncc(N2CCN(C)C(C)C2)n1. The van der Waals surface area contributed by atoms with Gasteiger partial charge >= 0.3 is 0 Å². The third-order valence-corrected chi connectivity index (χ3v) is 3.16. The van der Waals surface area contributed by atoms with Gasteiger partial charge in [-0.3, -0.25) is 4.98 Å². The highest BCUT2D eigenvalue weighted by Gasteiger charge is 2.21. The molecule has 0 spiro atoms. The minimum absolute atomic E-state index is 0.564. The second-order valence-electron chi connectivity index (χ2n) is 4.29. The van der Waals surface area contributed by atoms with Crippen molar-refractivity contribution in [3.8, 4) is 0 Å². The number of nitrogens with zero attached hydrogens (tertiary/aromatic N) is 4. The molecular formula is C11H19N5. The molecule has 5 nitrogen and oxygen atoms in total. The van der Waals surface area contributed by atoms with Crippen LogP contribution in [0.4, 0.5) is 11.6 Å². The third-order valence-electron chi connectivity index (χ3n) is 3.16. The number of aromatic nitrogens is 2. The van der Waals surface area contributed by atoms with Crippen molar-refractivity contribution in [1.82, 2.24) is 14.9 Å². The van der Waals surface area contributed by atoms with Crippen LogP contribution in [-0.4, -0.2) is 54.6 Å². The Morgan fingerprint density at radius 2 is 2.19 bits per heavy atom. The Morgan fingerprint density at radius 3 is 2.88 bits per heavy atom. The molecule has 1 unspecified atom stereocenters. The highest BCUT2D eigenvalue weighted by molar-refractivity contribution is 5.44. The quantitative estimate of drug-likeness (QED) is 0.794. The van der Waals surface area contributed by atoms with Gasteiger partial charge in [0.25, 0.3) is 0 Å². The van der Waals surface area contributed by atoms with Crippen molar-refractivity contribution in [3.05, 3.63) is 12.4 Å². The first-order chi connectivity index (χ1) is 7.70. The number of anilines is 2. The van der Waals surface area contributed by atoms with E-state index in [0.29, 0.717) is 6.04 Å². The molecule has 0 aromatic carbocycles. The molecule has 0 radical (unpaired) electrons. The number of likely N-dealkylation sites (N-methyl/N-ethyl adjacent to an activating group) is 1. The lowest BCUT2D eigenvalue weighted by Crippen LogP contribution is -2.50. The molecule has 16 heavy (non-hydrogen) atoms. The maximum absolute atomic E-state index is 4.51. The van der Waals surface area contributed by atoms with Crippen molar-refractivity contribution in [3.63, 3.8) is 0 Å². The topological polar surface area (TPSA) is 44.3 Å². The predicted octanol–water partition coefficient (Wildman–Crippen LogP) is 0.659. The summed E-state index contributed by atoms with van der Waals surface area (Å²) in [6, 6.07) is 0.564. The van der Waals surface area contributed by atoms with E-state index in [-0.39, 0.29) is 0 Å². The largest absolute Gasteiger partial charge is 0.372 e. The lowest BCUT2D eigenvalue weighted by molar-refractivity contribution is 0.233. The molecular weight excluding hydrogens is 202 g/mol. The van der Waals surface area contributed by atoms with Crippen LogP contribution in [0, 0.1) is 0 Å². The van der Waals surface area contributed by atoms with Gasteiger partial charge in [-0.1, -0.05) is 0 Å². The van der Waals surface area contributed by atoms with Crippen LogP contribution in [0.3, 0.4) is 0 Å². The summed E-state index contributed by atoms with van der Waals surface area (Å²) < 4.78 is 0. The maximum Gasteiger partial charge on any atom is 0.149 e. The van der Waals surface area contributed by atoms with Crippen LogP contribution in [-0.2, 0) is 0 Å². The van der Waals surface area contributed by atoms with Crippen LogP contribution in [0.25, 0.3) is 0 Å². The van der Waals surface area contributed by atoms with Crippen LogP contribution in [0.1, 0.15) is 6.92 Å². The van der Waals surface area contributed by atoms with Crippen molar-refractivity contribution in [2.45, 2.75) is 13.0 Å². The minimum Gasteiger partial charge on any atom is -0.372 e. The van der Waals surface area contributed by atoms with Crippen molar-refractivity contribution >= 4 is 11.6 Å². The second kappa shape index (κ2) is 4.65. The van der Waals surface area contributed by atoms with Crippen molar-refractivity contribution < 1.29 is 0 Å². The molecule has 1 aliphatic rings. The van der Waals surface area contributed by atoms with Gasteiger partial charge in [-0.05, 0) is 14.0 Å². The van der Waals surface area contributed by atoms with E-state index in [1.165, 1.54) is 0 Å². The fraction of sp³-hybridized carbons (Fsp3) is 0.636. The fourth-order valence-corrected chi connectivity index (χ4v) is 1.89. The van der Waals surface area contributed by atoms with Gasteiger partial charge in [-0.25, -0.2) is 4.98 Å². The van der Waals surface area contributed by atoms with Crippen molar-refractivity contribution in [2.75, 3.05) is 43.9 Å². The summed E-state index contributed by atoms with van der Waals surface area (Å²) >= 11 is 0. The van der Waals surface area contributed by atoms with E-state index in [2.05, 4.69) is 39.1 Å². The first-order valence-corrected chi connectivity index (χ1v) is 5.65.